The molecule has 3 rings (SSSR count). The Kier molecular flexibility index (Phi) is 4.35. The van der Waals surface area contributed by atoms with Crippen LogP contribution in [0.4, 0.5) is 5.69 Å². The van der Waals surface area contributed by atoms with Gasteiger partial charge < -0.3 is 5.11 Å². The number of phenols is 1. The first-order valence-electron chi connectivity index (χ1n) is 7.40. The van der Waals surface area contributed by atoms with Crippen molar-refractivity contribution in [2.24, 2.45) is 4.99 Å². The molecule has 0 atom stereocenters. The molecule has 3 aromatic rings. The highest BCUT2D eigenvalue weighted by atomic mass is 16.3. The predicted octanol–water partition coefficient (Wildman–Crippen LogP) is 4.40. The van der Waals surface area contributed by atoms with Crippen molar-refractivity contribution in [3.63, 3.8) is 0 Å². The molecule has 4 nitrogen and oxygen atoms in total. The Hall–Kier alpha value is -3.45. The van der Waals surface area contributed by atoms with E-state index in [-0.39, 0.29) is 18.1 Å². The number of hydrogen-bond donors (Lipinski definition) is 1. The van der Waals surface area contributed by atoms with Crippen molar-refractivity contribution in [3.05, 3.63) is 83.2 Å². The summed E-state index contributed by atoms with van der Waals surface area (Å²) in [7, 11) is 0. The normalized spacial score (nSPS) is 10.8. The summed E-state index contributed by atoms with van der Waals surface area (Å²) in [6.45, 7) is 6.93. The molecule has 0 aliphatic carbocycles. The summed E-state index contributed by atoms with van der Waals surface area (Å²) in [5.74, 6) is -0.286. The molecule has 0 amide bonds. The average Bonchev–Trinajstić information content (AvgIpc) is 2.61. The fraction of sp³-hybridized carbons (Fsp3) is 0.0500. The maximum atomic E-state index is 12.5. The van der Waals surface area contributed by atoms with Gasteiger partial charge in [-0.05, 0) is 28.5 Å². The molecule has 116 valence electrons. The molecule has 0 aromatic heterocycles. The molecule has 0 fully saturated rings. The molecule has 24 heavy (non-hydrogen) atoms. The molecule has 0 saturated carbocycles. The van der Waals surface area contributed by atoms with Crippen molar-refractivity contribution in [3.8, 4) is 5.75 Å². The minimum atomic E-state index is -0.248. The van der Waals surface area contributed by atoms with Gasteiger partial charge in [0.25, 0.3) is 0 Å². The van der Waals surface area contributed by atoms with Crippen LogP contribution in [0.1, 0.15) is 15.9 Å². The molecule has 0 aliphatic heterocycles. The molecule has 3 aromatic carbocycles. The summed E-state index contributed by atoms with van der Waals surface area (Å²) in [5, 5.41) is 11.7. The van der Waals surface area contributed by atoms with Crippen LogP contribution in [0.3, 0.4) is 0 Å². The summed E-state index contributed by atoms with van der Waals surface area (Å²) < 4.78 is 0. The molecule has 0 unspecified atom stereocenters. The van der Waals surface area contributed by atoms with Gasteiger partial charge in [0.1, 0.15) is 12.3 Å². The maximum Gasteiger partial charge on any atom is 0.188 e. The van der Waals surface area contributed by atoms with E-state index >= 15 is 0 Å². The molecule has 0 aliphatic rings. The van der Waals surface area contributed by atoms with Crippen LogP contribution in [0.25, 0.3) is 15.6 Å². The number of aromatic hydroxyl groups is 1. The number of aliphatic imine (C=N–C) groups is 1. The van der Waals surface area contributed by atoms with E-state index in [4.69, 9.17) is 6.57 Å². The standard InChI is InChI=1S/C20H14N2O2/c1-21-16-7-4-5-14(11-16)12-22-13-19(24)20-17-8-3-2-6-15(17)9-10-18(20)23/h2-12,23H,13H2. The van der Waals surface area contributed by atoms with Gasteiger partial charge in [-0.3, -0.25) is 9.79 Å². The van der Waals surface area contributed by atoms with Crippen LogP contribution in [0, 0.1) is 6.57 Å². The Balaban J connectivity index is 1.84. The van der Waals surface area contributed by atoms with Crippen LogP contribution in [0.5, 0.6) is 5.75 Å². The number of fused-ring (bicyclic) bond motifs is 1. The predicted molar refractivity (Wildman–Crippen MR) is 95.1 cm³/mol. The van der Waals surface area contributed by atoms with E-state index in [1.807, 2.05) is 30.3 Å². The Morgan fingerprint density at radius 2 is 1.96 bits per heavy atom. The first kappa shape index (κ1) is 15.4. The number of rotatable bonds is 4. The van der Waals surface area contributed by atoms with E-state index in [0.717, 1.165) is 10.9 Å². The number of carbonyl (C=O) groups excluding carboxylic acids is 1. The minimum Gasteiger partial charge on any atom is -0.507 e. The average molecular weight is 314 g/mol. The van der Waals surface area contributed by atoms with Gasteiger partial charge in [0.2, 0.25) is 0 Å². The molecular formula is C20H14N2O2. The van der Waals surface area contributed by atoms with E-state index in [1.54, 1.807) is 30.5 Å². The second-order valence-electron chi connectivity index (χ2n) is 5.28. The highest BCUT2D eigenvalue weighted by Gasteiger charge is 2.14. The fourth-order valence-corrected chi connectivity index (χ4v) is 2.54. The van der Waals surface area contributed by atoms with Crippen molar-refractivity contribution in [1.29, 1.82) is 0 Å². The zero-order valence-corrected chi connectivity index (χ0v) is 12.8. The number of hydrogen-bond acceptors (Lipinski definition) is 3. The fourth-order valence-electron chi connectivity index (χ4n) is 2.54. The van der Waals surface area contributed by atoms with Crippen LogP contribution in [-0.2, 0) is 0 Å². The van der Waals surface area contributed by atoms with Gasteiger partial charge in [-0.15, -0.1) is 0 Å². The van der Waals surface area contributed by atoms with Crippen LogP contribution in [0.2, 0.25) is 0 Å². The van der Waals surface area contributed by atoms with Gasteiger partial charge in [0.05, 0.1) is 12.1 Å². The first-order valence-corrected chi connectivity index (χ1v) is 7.40. The number of ketones is 1. The van der Waals surface area contributed by atoms with Crippen LogP contribution < -0.4 is 0 Å². The Labute approximate surface area is 139 Å². The molecule has 4 heteroatoms. The first-order chi connectivity index (χ1) is 11.7. The second-order valence-corrected chi connectivity index (χ2v) is 5.28. The van der Waals surface area contributed by atoms with Crippen molar-refractivity contribution >= 4 is 28.5 Å². The SMILES string of the molecule is [C-]#[N+]c1cccc(C=NCC(=O)c2c(O)ccc3ccccc23)c1. The van der Waals surface area contributed by atoms with Gasteiger partial charge in [0, 0.05) is 6.21 Å². The summed E-state index contributed by atoms with van der Waals surface area (Å²) in [6.07, 6.45) is 1.56. The van der Waals surface area contributed by atoms with Crippen molar-refractivity contribution < 1.29 is 9.90 Å². The highest BCUT2D eigenvalue weighted by molar-refractivity contribution is 6.11. The maximum absolute atomic E-state index is 12.5. The summed E-state index contributed by atoms with van der Waals surface area (Å²) in [4.78, 5) is 20.0. The van der Waals surface area contributed by atoms with Crippen molar-refractivity contribution in [1.82, 2.24) is 0 Å². The third-order valence-electron chi connectivity index (χ3n) is 3.66. The van der Waals surface area contributed by atoms with Gasteiger partial charge in [-0.2, -0.15) is 0 Å². The van der Waals surface area contributed by atoms with Gasteiger partial charge in [0.15, 0.2) is 11.5 Å². The topological polar surface area (TPSA) is 54.0 Å². The van der Waals surface area contributed by atoms with E-state index in [9.17, 15) is 9.90 Å². The lowest BCUT2D eigenvalue weighted by Crippen LogP contribution is -2.05. The monoisotopic (exact) mass is 314 g/mol. The van der Waals surface area contributed by atoms with Gasteiger partial charge >= 0.3 is 0 Å². The third kappa shape index (κ3) is 3.16. The number of phenolic OH excluding ortho intramolecular Hbond substituents is 1. The zero-order chi connectivity index (χ0) is 16.9. The second kappa shape index (κ2) is 6.76. The number of nitrogens with zero attached hydrogens (tertiary/aromatic N) is 2. The molecular weight excluding hydrogens is 300 g/mol. The van der Waals surface area contributed by atoms with Crippen LogP contribution in [0.15, 0.2) is 65.7 Å². The third-order valence-corrected chi connectivity index (χ3v) is 3.66. The highest BCUT2D eigenvalue weighted by Crippen LogP contribution is 2.27. The van der Waals surface area contributed by atoms with Crippen molar-refractivity contribution in [2.45, 2.75) is 0 Å². The lowest BCUT2D eigenvalue weighted by molar-refractivity contribution is 0.100. The minimum absolute atomic E-state index is 0.0381. The van der Waals surface area contributed by atoms with E-state index in [0.29, 0.717) is 16.6 Å². The smallest absolute Gasteiger partial charge is 0.188 e. The van der Waals surface area contributed by atoms with Crippen LogP contribution >= 0.6 is 0 Å². The van der Waals surface area contributed by atoms with Gasteiger partial charge in [-0.1, -0.05) is 48.5 Å². The Morgan fingerprint density at radius 3 is 2.79 bits per heavy atom. The summed E-state index contributed by atoms with van der Waals surface area (Å²) in [5.41, 5.74) is 1.58. The summed E-state index contributed by atoms with van der Waals surface area (Å²) in [6, 6.07) is 17.7. The lowest BCUT2D eigenvalue weighted by atomic mass is 10.0. The largest absolute Gasteiger partial charge is 0.507 e. The Morgan fingerprint density at radius 1 is 1.12 bits per heavy atom. The van der Waals surface area contributed by atoms with Crippen LogP contribution in [-0.4, -0.2) is 23.6 Å². The molecule has 0 bridgehead atoms. The quantitative estimate of drug-likeness (QED) is 0.441. The summed E-state index contributed by atoms with van der Waals surface area (Å²) >= 11 is 0. The van der Waals surface area contributed by atoms with E-state index in [2.05, 4.69) is 9.84 Å². The lowest BCUT2D eigenvalue weighted by Gasteiger charge is -2.07. The molecule has 0 spiro atoms. The van der Waals surface area contributed by atoms with Gasteiger partial charge in [-0.25, -0.2) is 4.85 Å². The van der Waals surface area contributed by atoms with E-state index in [1.165, 1.54) is 6.07 Å². The number of benzene rings is 3. The Bertz CT molecular complexity index is 984. The molecule has 0 radical (unpaired) electrons. The van der Waals surface area contributed by atoms with Crippen molar-refractivity contribution in [2.75, 3.05) is 6.54 Å². The molecule has 1 N–H and O–H groups in total. The number of carbonyl (C=O) groups is 1. The zero-order valence-electron chi connectivity index (χ0n) is 12.8. The van der Waals surface area contributed by atoms with E-state index < -0.39 is 0 Å². The molecule has 0 heterocycles. The number of Topliss-reactive ketones (excluding diaryl/α,β-unsaturated/α-hetero) is 1. The molecule has 0 saturated heterocycles.